The van der Waals surface area contributed by atoms with Gasteiger partial charge in [-0.25, -0.2) is 9.83 Å². The molecule has 31 heavy (non-hydrogen) atoms. The summed E-state index contributed by atoms with van der Waals surface area (Å²) in [5.74, 6) is 0.832. The molecule has 1 amide bonds. The first-order valence-corrected chi connectivity index (χ1v) is 11.3. The molecule has 1 aromatic heterocycles. The summed E-state index contributed by atoms with van der Waals surface area (Å²) < 4.78 is 0. The van der Waals surface area contributed by atoms with E-state index in [4.69, 9.17) is 17.3 Å². The van der Waals surface area contributed by atoms with Crippen molar-refractivity contribution in [2.45, 2.75) is 30.5 Å². The summed E-state index contributed by atoms with van der Waals surface area (Å²) in [5, 5.41) is 10.5. The molecule has 2 N–H and O–H groups in total. The van der Waals surface area contributed by atoms with E-state index in [-0.39, 0.29) is 0 Å². The summed E-state index contributed by atoms with van der Waals surface area (Å²) in [6.07, 6.45) is 1.61. The zero-order valence-electron chi connectivity index (χ0n) is 17.9. The fraction of sp³-hybridized carbons (Fsp3) is 0.391. The second-order valence-corrected chi connectivity index (χ2v) is 8.48. The number of likely N-dealkylation sites (N-methyl/N-ethyl adjacent to an activating group) is 1. The SMILES string of the molecule is [C-]#[N+]c1c(N2CCCN(C)CC2)nc(SCc2ccc(C(N)=O)cc2)c(C#N)c1CC. The van der Waals surface area contributed by atoms with Crippen molar-refractivity contribution in [3.63, 3.8) is 0 Å². The number of aromatic nitrogens is 1. The van der Waals surface area contributed by atoms with E-state index in [9.17, 15) is 10.1 Å². The highest BCUT2D eigenvalue weighted by atomic mass is 32.2. The number of nitrogens with zero attached hydrogens (tertiary/aromatic N) is 5. The third-order valence-electron chi connectivity index (χ3n) is 5.43. The molecule has 1 aromatic carbocycles. The molecule has 1 aliphatic rings. The predicted octanol–water partition coefficient (Wildman–Crippen LogP) is 3.60. The van der Waals surface area contributed by atoms with Crippen molar-refractivity contribution in [1.29, 1.82) is 5.26 Å². The molecular formula is C23H26N6OS. The number of nitrogens with two attached hydrogens (primary N) is 1. The van der Waals surface area contributed by atoms with Gasteiger partial charge >= 0.3 is 0 Å². The zero-order valence-corrected chi connectivity index (χ0v) is 18.7. The fourth-order valence-electron chi connectivity index (χ4n) is 3.66. The van der Waals surface area contributed by atoms with Gasteiger partial charge in [0, 0.05) is 31.0 Å². The first-order chi connectivity index (χ1) is 15.0. The van der Waals surface area contributed by atoms with Gasteiger partial charge in [0.25, 0.3) is 0 Å². The van der Waals surface area contributed by atoms with Crippen molar-refractivity contribution in [2.75, 3.05) is 38.1 Å². The lowest BCUT2D eigenvalue weighted by Crippen LogP contribution is -2.29. The molecule has 1 saturated heterocycles. The van der Waals surface area contributed by atoms with Crippen LogP contribution in [0.4, 0.5) is 11.5 Å². The average Bonchev–Trinajstić information content (AvgIpc) is 3.00. The van der Waals surface area contributed by atoms with Gasteiger partial charge in [-0.1, -0.05) is 19.1 Å². The van der Waals surface area contributed by atoms with E-state index in [0.29, 0.717) is 39.8 Å². The first-order valence-electron chi connectivity index (χ1n) is 10.3. The second-order valence-electron chi connectivity index (χ2n) is 7.51. The van der Waals surface area contributed by atoms with Crippen LogP contribution in [-0.4, -0.2) is 49.0 Å². The number of amides is 1. The Hall–Kier alpha value is -3.07. The average molecular weight is 435 g/mol. The highest BCUT2D eigenvalue weighted by molar-refractivity contribution is 7.98. The molecule has 2 heterocycles. The van der Waals surface area contributed by atoms with Gasteiger partial charge in [-0.15, -0.1) is 11.8 Å². The quantitative estimate of drug-likeness (QED) is 0.552. The summed E-state index contributed by atoms with van der Waals surface area (Å²) in [5.41, 5.74) is 8.54. The molecule has 2 aromatic rings. The summed E-state index contributed by atoms with van der Waals surface area (Å²) in [6, 6.07) is 9.41. The Morgan fingerprint density at radius 3 is 2.65 bits per heavy atom. The Balaban J connectivity index is 1.96. The van der Waals surface area contributed by atoms with E-state index in [1.54, 1.807) is 12.1 Å². The van der Waals surface area contributed by atoms with Crippen LogP contribution < -0.4 is 10.6 Å². The van der Waals surface area contributed by atoms with Crippen molar-refractivity contribution in [2.24, 2.45) is 5.73 Å². The number of hydrogen-bond acceptors (Lipinski definition) is 6. The number of nitriles is 1. The van der Waals surface area contributed by atoms with Crippen molar-refractivity contribution in [3.05, 3.63) is 57.9 Å². The lowest BCUT2D eigenvalue weighted by atomic mass is 10.1. The first kappa shape index (κ1) is 22.6. The molecule has 1 fully saturated rings. The Kier molecular flexibility index (Phi) is 7.51. The molecular weight excluding hydrogens is 408 g/mol. The Morgan fingerprint density at radius 2 is 2.03 bits per heavy atom. The molecule has 3 rings (SSSR count). The van der Waals surface area contributed by atoms with Crippen LogP contribution in [0.25, 0.3) is 4.85 Å². The van der Waals surface area contributed by atoms with Gasteiger partial charge in [-0.2, -0.15) is 5.26 Å². The van der Waals surface area contributed by atoms with E-state index in [0.717, 1.165) is 43.7 Å². The summed E-state index contributed by atoms with van der Waals surface area (Å²) in [6.45, 7) is 13.3. The molecule has 0 saturated carbocycles. The van der Waals surface area contributed by atoms with Crippen LogP contribution in [0.5, 0.6) is 0 Å². The van der Waals surface area contributed by atoms with Gasteiger partial charge in [0.2, 0.25) is 11.6 Å². The second kappa shape index (κ2) is 10.3. The summed E-state index contributed by atoms with van der Waals surface area (Å²) in [7, 11) is 2.10. The number of benzene rings is 1. The third-order valence-corrected chi connectivity index (χ3v) is 6.48. The van der Waals surface area contributed by atoms with E-state index in [1.807, 2.05) is 19.1 Å². The minimum atomic E-state index is -0.456. The fourth-order valence-corrected chi connectivity index (χ4v) is 4.62. The zero-order chi connectivity index (χ0) is 22.4. The molecule has 0 atom stereocenters. The van der Waals surface area contributed by atoms with Gasteiger partial charge < -0.3 is 15.5 Å². The molecule has 0 unspecified atom stereocenters. The van der Waals surface area contributed by atoms with Gasteiger partial charge in [-0.3, -0.25) is 4.79 Å². The highest BCUT2D eigenvalue weighted by Gasteiger charge is 2.24. The van der Waals surface area contributed by atoms with Gasteiger partial charge in [-0.05, 0) is 49.7 Å². The number of thioether (sulfide) groups is 1. The molecule has 0 aliphatic carbocycles. The van der Waals surface area contributed by atoms with E-state index in [1.165, 1.54) is 11.8 Å². The van der Waals surface area contributed by atoms with Gasteiger partial charge in [0.05, 0.1) is 12.1 Å². The van der Waals surface area contributed by atoms with Crippen LogP contribution in [-0.2, 0) is 12.2 Å². The highest BCUT2D eigenvalue weighted by Crippen LogP contribution is 2.39. The summed E-state index contributed by atoms with van der Waals surface area (Å²) in [4.78, 5) is 24.4. The van der Waals surface area contributed by atoms with Crippen LogP contribution >= 0.6 is 11.8 Å². The largest absolute Gasteiger partial charge is 0.366 e. The Morgan fingerprint density at radius 1 is 1.29 bits per heavy atom. The van der Waals surface area contributed by atoms with E-state index >= 15 is 0 Å². The van der Waals surface area contributed by atoms with Crippen molar-refractivity contribution >= 4 is 29.2 Å². The molecule has 7 nitrogen and oxygen atoms in total. The molecule has 0 spiro atoms. The number of carbonyl (C=O) groups excluding carboxylic acids is 1. The number of primary amides is 1. The molecule has 0 bridgehead atoms. The monoisotopic (exact) mass is 434 g/mol. The number of hydrogen-bond donors (Lipinski definition) is 1. The van der Waals surface area contributed by atoms with Crippen molar-refractivity contribution in [1.82, 2.24) is 9.88 Å². The number of carbonyl (C=O) groups is 1. The Labute approximate surface area is 187 Å². The maximum atomic E-state index is 11.3. The van der Waals surface area contributed by atoms with Crippen LogP contribution in [0.1, 0.15) is 40.4 Å². The van der Waals surface area contributed by atoms with Crippen molar-refractivity contribution in [3.8, 4) is 6.07 Å². The number of anilines is 1. The lowest BCUT2D eigenvalue weighted by molar-refractivity contribution is 0.100. The van der Waals surface area contributed by atoms with Gasteiger partial charge in [0.1, 0.15) is 16.9 Å². The molecule has 0 radical (unpaired) electrons. The topological polar surface area (TPSA) is 90.6 Å². The smallest absolute Gasteiger partial charge is 0.248 e. The van der Waals surface area contributed by atoms with Crippen molar-refractivity contribution < 1.29 is 4.79 Å². The van der Waals surface area contributed by atoms with Crippen LogP contribution in [0.15, 0.2) is 29.3 Å². The minimum Gasteiger partial charge on any atom is -0.366 e. The van der Waals surface area contributed by atoms with Gasteiger partial charge in [0.15, 0.2) is 0 Å². The lowest BCUT2D eigenvalue weighted by Gasteiger charge is -2.25. The Bertz CT molecular complexity index is 1040. The number of pyridine rings is 1. The van der Waals surface area contributed by atoms with Crippen LogP contribution in [0, 0.1) is 17.9 Å². The normalized spacial score (nSPS) is 14.5. The predicted molar refractivity (Wildman–Crippen MR) is 123 cm³/mol. The third kappa shape index (κ3) is 5.16. The standard InChI is InChI=1S/C23H26N6OS/c1-4-18-19(14-24)23(31-15-16-6-8-17(9-7-16)21(25)30)27-22(20(18)26-2)29-11-5-10-28(3)12-13-29/h6-9H,4-5,10-13,15H2,1,3H3,(H2,25,30). The summed E-state index contributed by atoms with van der Waals surface area (Å²) >= 11 is 1.48. The molecule has 160 valence electrons. The maximum absolute atomic E-state index is 11.3. The van der Waals surface area contributed by atoms with E-state index in [2.05, 4.69) is 27.8 Å². The molecule has 1 aliphatic heterocycles. The minimum absolute atomic E-state index is 0.456. The van der Waals surface area contributed by atoms with Crippen LogP contribution in [0.2, 0.25) is 0 Å². The molecule has 8 heteroatoms. The van der Waals surface area contributed by atoms with Crippen LogP contribution in [0.3, 0.4) is 0 Å². The van der Waals surface area contributed by atoms with E-state index < -0.39 is 5.91 Å². The maximum Gasteiger partial charge on any atom is 0.248 e. The number of rotatable bonds is 6.